The van der Waals surface area contributed by atoms with E-state index in [9.17, 15) is 0 Å². The lowest BCUT2D eigenvalue weighted by molar-refractivity contribution is 0.744. The van der Waals surface area contributed by atoms with Gasteiger partial charge in [-0.1, -0.05) is 6.92 Å². The molecule has 0 aliphatic rings. The number of alkyl halides is 1. The van der Waals surface area contributed by atoms with E-state index in [2.05, 4.69) is 35.5 Å². The Morgan fingerprint density at radius 2 is 2.05 bits per heavy atom. The molecule has 0 fully saturated rings. The van der Waals surface area contributed by atoms with Crippen LogP contribution in [-0.4, -0.2) is 14.5 Å². The van der Waals surface area contributed by atoms with E-state index < -0.39 is 0 Å². The molecule has 0 spiro atoms. The third-order valence-corrected chi connectivity index (χ3v) is 5.01. The van der Waals surface area contributed by atoms with Crippen LogP contribution in [0.25, 0.3) is 11.2 Å². The largest absolute Gasteiger partial charge is 0.306 e. The van der Waals surface area contributed by atoms with Gasteiger partial charge in [0.2, 0.25) is 0 Å². The topological polar surface area (TPSA) is 30.7 Å². The maximum absolute atomic E-state index is 6.32. The summed E-state index contributed by atoms with van der Waals surface area (Å²) in [6.07, 6.45) is 2.91. The summed E-state index contributed by atoms with van der Waals surface area (Å²) in [4.78, 5) is 11.9. The van der Waals surface area contributed by atoms with Crippen LogP contribution < -0.4 is 0 Å². The number of pyridine rings is 1. The van der Waals surface area contributed by atoms with E-state index in [1.54, 1.807) is 0 Å². The first-order valence-electron chi connectivity index (χ1n) is 7.13. The standard InChI is InChI=1S/C16H18ClN3S/c1-4-12-5-6-13(21-12)9-20-15(11(3)17)19-14-10(2)7-8-18-16(14)20/h5-8,11H,4,9H2,1-3H3. The zero-order valence-electron chi connectivity index (χ0n) is 12.4. The number of fused-ring (bicyclic) bond motifs is 1. The molecule has 3 rings (SSSR count). The molecule has 3 heterocycles. The van der Waals surface area contributed by atoms with E-state index in [-0.39, 0.29) is 5.38 Å². The van der Waals surface area contributed by atoms with Gasteiger partial charge in [-0.2, -0.15) is 0 Å². The highest BCUT2D eigenvalue weighted by Gasteiger charge is 2.17. The summed E-state index contributed by atoms with van der Waals surface area (Å²) in [6.45, 7) is 6.98. The Morgan fingerprint density at radius 1 is 1.29 bits per heavy atom. The van der Waals surface area contributed by atoms with Gasteiger partial charge in [-0.25, -0.2) is 9.97 Å². The van der Waals surface area contributed by atoms with Gasteiger partial charge in [0.05, 0.1) is 11.9 Å². The minimum Gasteiger partial charge on any atom is -0.306 e. The molecule has 110 valence electrons. The molecule has 0 aliphatic heterocycles. The predicted octanol–water partition coefficient (Wildman–Crippen LogP) is 4.71. The average Bonchev–Trinajstić information content (AvgIpc) is 3.05. The Labute approximate surface area is 133 Å². The normalized spacial score (nSPS) is 13.0. The predicted molar refractivity (Wildman–Crippen MR) is 89.3 cm³/mol. The lowest BCUT2D eigenvalue weighted by Gasteiger charge is -2.08. The van der Waals surface area contributed by atoms with Gasteiger partial charge in [0, 0.05) is 16.0 Å². The number of nitrogens with zero attached hydrogens (tertiary/aromatic N) is 3. The van der Waals surface area contributed by atoms with Gasteiger partial charge >= 0.3 is 0 Å². The second kappa shape index (κ2) is 5.78. The molecule has 0 saturated carbocycles. The number of aromatic nitrogens is 3. The Morgan fingerprint density at radius 3 is 2.71 bits per heavy atom. The third kappa shape index (κ3) is 2.70. The Bertz CT molecular complexity index is 773. The molecule has 3 aromatic rings. The van der Waals surface area contributed by atoms with Crippen LogP contribution >= 0.6 is 22.9 Å². The van der Waals surface area contributed by atoms with Crippen molar-refractivity contribution in [2.45, 2.75) is 39.1 Å². The van der Waals surface area contributed by atoms with Crippen LogP contribution in [0.3, 0.4) is 0 Å². The summed E-state index contributed by atoms with van der Waals surface area (Å²) >= 11 is 8.17. The number of imidazole rings is 1. The molecular formula is C16H18ClN3S. The van der Waals surface area contributed by atoms with Gasteiger partial charge in [-0.05, 0) is 44.0 Å². The van der Waals surface area contributed by atoms with Gasteiger partial charge in [0.25, 0.3) is 0 Å². The Kier molecular flexibility index (Phi) is 4.00. The number of hydrogen-bond acceptors (Lipinski definition) is 3. The number of thiophene rings is 1. The SMILES string of the molecule is CCc1ccc(Cn2c(C(C)Cl)nc3c(C)ccnc32)s1. The third-order valence-electron chi connectivity index (χ3n) is 3.60. The molecule has 0 N–H and O–H groups in total. The van der Waals surface area contributed by atoms with Crippen molar-refractivity contribution < 1.29 is 0 Å². The van der Waals surface area contributed by atoms with Crippen molar-refractivity contribution in [3.8, 4) is 0 Å². The monoisotopic (exact) mass is 319 g/mol. The highest BCUT2D eigenvalue weighted by molar-refractivity contribution is 7.11. The fourth-order valence-electron chi connectivity index (χ4n) is 2.47. The quantitative estimate of drug-likeness (QED) is 0.652. The van der Waals surface area contributed by atoms with Crippen LogP contribution in [0.4, 0.5) is 0 Å². The van der Waals surface area contributed by atoms with E-state index in [4.69, 9.17) is 16.6 Å². The number of hydrogen-bond donors (Lipinski definition) is 0. The molecule has 0 aliphatic carbocycles. The molecule has 3 aromatic heterocycles. The van der Waals surface area contributed by atoms with Crippen molar-refractivity contribution >= 4 is 34.1 Å². The Balaban J connectivity index is 2.11. The minimum atomic E-state index is -0.135. The molecule has 3 nitrogen and oxygen atoms in total. The van der Waals surface area contributed by atoms with Crippen molar-refractivity contribution in [2.24, 2.45) is 0 Å². The smallest absolute Gasteiger partial charge is 0.160 e. The van der Waals surface area contributed by atoms with E-state index in [1.807, 2.05) is 30.5 Å². The van der Waals surface area contributed by atoms with Gasteiger partial charge < -0.3 is 4.57 Å². The summed E-state index contributed by atoms with van der Waals surface area (Å²) in [7, 11) is 0. The van der Waals surface area contributed by atoms with Crippen molar-refractivity contribution in [2.75, 3.05) is 0 Å². The summed E-state index contributed by atoms with van der Waals surface area (Å²) < 4.78 is 2.14. The van der Waals surface area contributed by atoms with Gasteiger partial charge in [-0.15, -0.1) is 22.9 Å². The molecule has 0 aromatic carbocycles. The summed E-state index contributed by atoms with van der Waals surface area (Å²) in [6, 6.07) is 6.37. The molecular weight excluding hydrogens is 302 g/mol. The maximum Gasteiger partial charge on any atom is 0.160 e. The highest BCUT2D eigenvalue weighted by atomic mass is 35.5. The van der Waals surface area contributed by atoms with Crippen molar-refractivity contribution in [3.05, 3.63) is 45.5 Å². The Hall–Kier alpha value is -1.39. The minimum absolute atomic E-state index is 0.135. The molecule has 1 atom stereocenters. The van der Waals surface area contributed by atoms with E-state index in [0.717, 1.165) is 35.5 Å². The molecule has 0 bridgehead atoms. The first-order chi connectivity index (χ1) is 10.1. The zero-order valence-corrected chi connectivity index (χ0v) is 14.0. The molecule has 0 saturated heterocycles. The van der Waals surface area contributed by atoms with Crippen LogP contribution in [0.2, 0.25) is 0 Å². The zero-order chi connectivity index (χ0) is 15.0. The van der Waals surface area contributed by atoms with E-state index in [0.29, 0.717) is 0 Å². The molecule has 0 amide bonds. The van der Waals surface area contributed by atoms with Crippen LogP contribution in [0.15, 0.2) is 24.4 Å². The van der Waals surface area contributed by atoms with Crippen molar-refractivity contribution in [1.82, 2.24) is 14.5 Å². The van der Waals surface area contributed by atoms with Crippen molar-refractivity contribution in [1.29, 1.82) is 0 Å². The molecule has 1 unspecified atom stereocenters. The van der Waals surface area contributed by atoms with Gasteiger partial charge in [-0.3, -0.25) is 0 Å². The molecule has 21 heavy (non-hydrogen) atoms. The number of rotatable bonds is 4. The van der Waals surface area contributed by atoms with Gasteiger partial charge in [0.15, 0.2) is 5.65 Å². The van der Waals surface area contributed by atoms with E-state index >= 15 is 0 Å². The maximum atomic E-state index is 6.32. The lowest BCUT2D eigenvalue weighted by atomic mass is 10.3. The highest BCUT2D eigenvalue weighted by Crippen LogP contribution is 2.27. The van der Waals surface area contributed by atoms with Crippen LogP contribution in [0, 0.1) is 6.92 Å². The molecule has 5 heteroatoms. The van der Waals surface area contributed by atoms with Crippen LogP contribution in [0.1, 0.15) is 40.4 Å². The second-order valence-corrected chi connectivity index (χ2v) is 7.10. The lowest BCUT2D eigenvalue weighted by Crippen LogP contribution is -2.05. The summed E-state index contributed by atoms with van der Waals surface area (Å²) in [5, 5.41) is -0.135. The van der Waals surface area contributed by atoms with E-state index in [1.165, 1.54) is 9.75 Å². The van der Waals surface area contributed by atoms with Crippen LogP contribution in [0.5, 0.6) is 0 Å². The summed E-state index contributed by atoms with van der Waals surface area (Å²) in [5.41, 5.74) is 3.01. The first-order valence-corrected chi connectivity index (χ1v) is 8.38. The first kappa shape index (κ1) is 14.5. The number of halogens is 1. The fraction of sp³-hybridized carbons (Fsp3) is 0.375. The summed E-state index contributed by atoms with van der Waals surface area (Å²) in [5.74, 6) is 0.889. The van der Waals surface area contributed by atoms with Crippen molar-refractivity contribution in [3.63, 3.8) is 0 Å². The fourth-order valence-corrected chi connectivity index (χ4v) is 3.58. The van der Waals surface area contributed by atoms with Crippen LogP contribution in [-0.2, 0) is 13.0 Å². The molecule has 0 radical (unpaired) electrons. The van der Waals surface area contributed by atoms with Gasteiger partial charge in [0.1, 0.15) is 11.3 Å². The average molecular weight is 320 g/mol. The second-order valence-electron chi connectivity index (χ2n) is 5.19. The number of aryl methyl sites for hydroxylation is 2.